The van der Waals surface area contributed by atoms with Crippen LogP contribution in [-0.4, -0.2) is 33.2 Å². The molecule has 1 saturated heterocycles. The summed E-state index contributed by atoms with van der Waals surface area (Å²) in [4.78, 5) is 12.7. The molecule has 0 spiro atoms. The van der Waals surface area contributed by atoms with Crippen molar-refractivity contribution in [1.82, 2.24) is 9.61 Å². The third-order valence-corrected chi connectivity index (χ3v) is 4.77. The molecule has 0 saturated carbocycles. The maximum atomic E-state index is 14.2. The van der Waals surface area contributed by atoms with E-state index in [1.807, 2.05) is 6.07 Å². The summed E-state index contributed by atoms with van der Waals surface area (Å²) < 4.78 is 43.7. The van der Waals surface area contributed by atoms with E-state index in [2.05, 4.69) is 5.10 Å². The minimum atomic E-state index is -3.02. The van der Waals surface area contributed by atoms with Crippen molar-refractivity contribution < 1.29 is 23.1 Å². The Morgan fingerprint density at radius 3 is 2.82 bits per heavy atom. The SMILES string of the molecule is N#Cc1cc(F)cc([C@H]2CC(F)(F)CN2c2ccn3ncc(C(=O)O)c3c2)c1. The van der Waals surface area contributed by atoms with Crippen molar-refractivity contribution in [2.75, 3.05) is 11.4 Å². The van der Waals surface area contributed by atoms with E-state index in [4.69, 9.17) is 5.26 Å². The zero-order valence-electron chi connectivity index (χ0n) is 14.3. The molecule has 1 fully saturated rings. The van der Waals surface area contributed by atoms with Gasteiger partial charge in [0.25, 0.3) is 5.92 Å². The van der Waals surface area contributed by atoms with Crippen molar-refractivity contribution >= 4 is 17.2 Å². The maximum absolute atomic E-state index is 14.2. The van der Waals surface area contributed by atoms with Gasteiger partial charge in [-0.05, 0) is 35.9 Å². The number of anilines is 1. The Balaban J connectivity index is 1.82. The molecule has 0 radical (unpaired) electrons. The van der Waals surface area contributed by atoms with Gasteiger partial charge in [0.2, 0.25) is 0 Å². The first kappa shape index (κ1) is 17.9. The van der Waals surface area contributed by atoms with Gasteiger partial charge in [0.05, 0.1) is 35.9 Å². The van der Waals surface area contributed by atoms with Crippen molar-refractivity contribution in [3.05, 3.63) is 65.2 Å². The number of aromatic carboxylic acids is 1. The number of nitriles is 1. The number of benzene rings is 1. The lowest BCUT2D eigenvalue weighted by Crippen LogP contribution is -2.26. The summed E-state index contributed by atoms with van der Waals surface area (Å²) in [5.74, 6) is -4.88. The molecule has 1 aromatic carbocycles. The van der Waals surface area contributed by atoms with Gasteiger partial charge >= 0.3 is 5.97 Å². The van der Waals surface area contributed by atoms with Gasteiger partial charge in [-0.3, -0.25) is 0 Å². The number of fused-ring (bicyclic) bond motifs is 1. The van der Waals surface area contributed by atoms with Gasteiger partial charge < -0.3 is 10.0 Å². The van der Waals surface area contributed by atoms with Gasteiger partial charge in [-0.2, -0.15) is 10.4 Å². The van der Waals surface area contributed by atoms with Crippen LogP contribution in [0.15, 0.2) is 42.7 Å². The molecule has 28 heavy (non-hydrogen) atoms. The minimum absolute atomic E-state index is 0.0459. The van der Waals surface area contributed by atoms with Crippen molar-refractivity contribution in [1.29, 1.82) is 5.26 Å². The lowest BCUT2D eigenvalue weighted by molar-refractivity contribution is 0.0223. The Morgan fingerprint density at radius 2 is 2.11 bits per heavy atom. The average molecular weight is 386 g/mol. The van der Waals surface area contributed by atoms with Crippen LogP contribution in [0.4, 0.5) is 18.9 Å². The zero-order chi connectivity index (χ0) is 20.1. The molecule has 1 aliphatic heterocycles. The normalized spacial score (nSPS) is 18.4. The number of aromatic nitrogens is 2. The van der Waals surface area contributed by atoms with Gasteiger partial charge in [-0.1, -0.05) is 0 Å². The van der Waals surface area contributed by atoms with Crippen LogP contribution in [0, 0.1) is 17.1 Å². The molecular weight excluding hydrogens is 373 g/mol. The number of hydrogen-bond donors (Lipinski definition) is 1. The lowest BCUT2D eigenvalue weighted by atomic mass is 10.0. The summed E-state index contributed by atoms with van der Waals surface area (Å²) in [5, 5.41) is 22.2. The summed E-state index contributed by atoms with van der Waals surface area (Å²) in [6, 6.07) is 7.54. The highest BCUT2D eigenvalue weighted by Crippen LogP contribution is 2.44. The largest absolute Gasteiger partial charge is 0.478 e. The van der Waals surface area contributed by atoms with E-state index < -0.39 is 36.7 Å². The Hall–Kier alpha value is -3.54. The number of alkyl halides is 2. The summed E-state index contributed by atoms with van der Waals surface area (Å²) in [6.45, 7) is -0.608. The van der Waals surface area contributed by atoms with Gasteiger partial charge in [-0.25, -0.2) is 22.5 Å². The van der Waals surface area contributed by atoms with Gasteiger partial charge in [-0.15, -0.1) is 0 Å². The van der Waals surface area contributed by atoms with E-state index in [1.54, 1.807) is 6.07 Å². The molecular formula is C19H13F3N4O2. The Morgan fingerprint density at radius 1 is 1.32 bits per heavy atom. The second-order valence-electron chi connectivity index (χ2n) is 6.67. The molecule has 6 nitrogen and oxygen atoms in total. The highest BCUT2D eigenvalue weighted by molar-refractivity contribution is 5.95. The molecule has 9 heteroatoms. The van der Waals surface area contributed by atoms with Crippen molar-refractivity contribution in [3.63, 3.8) is 0 Å². The smallest absolute Gasteiger partial charge is 0.339 e. The first-order valence-electron chi connectivity index (χ1n) is 8.33. The van der Waals surface area contributed by atoms with E-state index in [-0.39, 0.29) is 22.2 Å². The molecule has 3 aromatic rings. The Bertz CT molecular complexity index is 1140. The topological polar surface area (TPSA) is 81.6 Å². The fourth-order valence-electron chi connectivity index (χ4n) is 3.57. The zero-order valence-corrected chi connectivity index (χ0v) is 14.3. The van der Waals surface area contributed by atoms with Crippen LogP contribution >= 0.6 is 0 Å². The highest BCUT2D eigenvalue weighted by atomic mass is 19.3. The predicted octanol–water partition coefficient (Wildman–Crippen LogP) is 3.63. The molecule has 142 valence electrons. The second kappa shape index (κ2) is 6.27. The first-order chi connectivity index (χ1) is 13.3. The van der Waals surface area contributed by atoms with E-state index in [9.17, 15) is 23.1 Å². The number of halogens is 3. The quantitative estimate of drug-likeness (QED) is 0.743. The number of carboxylic acids is 1. The average Bonchev–Trinajstić information content (AvgIpc) is 3.21. The molecule has 0 amide bonds. The summed E-state index contributed by atoms with van der Waals surface area (Å²) in [6.07, 6.45) is 2.12. The molecule has 1 aliphatic rings. The van der Waals surface area contributed by atoms with Crippen LogP contribution in [0.2, 0.25) is 0 Å². The van der Waals surface area contributed by atoms with Crippen LogP contribution in [0.1, 0.15) is 33.9 Å². The summed E-state index contributed by atoms with van der Waals surface area (Å²) in [5.41, 5.74) is 0.878. The van der Waals surface area contributed by atoms with Crippen LogP contribution in [0.3, 0.4) is 0 Å². The maximum Gasteiger partial charge on any atom is 0.339 e. The molecule has 1 atom stereocenters. The highest BCUT2D eigenvalue weighted by Gasteiger charge is 2.46. The van der Waals surface area contributed by atoms with E-state index in [0.29, 0.717) is 5.69 Å². The molecule has 0 aliphatic carbocycles. The number of carbonyl (C=O) groups is 1. The fourth-order valence-corrected chi connectivity index (χ4v) is 3.57. The number of hydrogen-bond acceptors (Lipinski definition) is 4. The fraction of sp³-hybridized carbons (Fsp3) is 0.211. The van der Waals surface area contributed by atoms with E-state index in [1.165, 1.54) is 33.9 Å². The molecule has 0 bridgehead atoms. The van der Waals surface area contributed by atoms with Crippen LogP contribution in [-0.2, 0) is 0 Å². The van der Waals surface area contributed by atoms with E-state index in [0.717, 1.165) is 12.1 Å². The van der Waals surface area contributed by atoms with Gasteiger partial charge in [0.15, 0.2) is 0 Å². The lowest BCUT2D eigenvalue weighted by Gasteiger charge is -2.26. The van der Waals surface area contributed by atoms with Crippen molar-refractivity contribution in [2.24, 2.45) is 0 Å². The van der Waals surface area contributed by atoms with Gasteiger partial charge in [0, 0.05) is 18.3 Å². The third-order valence-electron chi connectivity index (χ3n) is 4.77. The van der Waals surface area contributed by atoms with Crippen LogP contribution in [0.5, 0.6) is 0 Å². The van der Waals surface area contributed by atoms with Gasteiger partial charge in [0.1, 0.15) is 11.4 Å². The molecule has 0 unspecified atom stereocenters. The number of rotatable bonds is 3. The number of carboxylic acid groups (broad SMARTS) is 1. The summed E-state index contributed by atoms with van der Waals surface area (Å²) >= 11 is 0. The predicted molar refractivity (Wildman–Crippen MR) is 92.9 cm³/mol. The Kier molecular flexibility index (Phi) is 4.00. The van der Waals surface area contributed by atoms with Crippen molar-refractivity contribution in [3.8, 4) is 6.07 Å². The molecule has 3 heterocycles. The van der Waals surface area contributed by atoms with Crippen LogP contribution < -0.4 is 4.90 Å². The van der Waals surface area contributed by atoms with Crippen LogP contribution in [0.25, 0.3) is 5.52 Å². The minimum Gasteiger partial charge on any atom is -0.478 e. The molecule has 2 aromatic heterocycles. The molecule has 1 N–H and O–H groups in total. The third kappa shape index (κ3) is 3.03. The van der Waals surface area contributed by atoms with E-state index >= 15 is 0 Å². The first-order valence-corrected chi connectivity index (χ1v) is 8.33. The standard InChI is InChI=1S/C19H13F3N4O2/c20-13-4-11(8-23)3-12(5-13)17-7-19(21,22)10-25(17)14-1-2-26-16(6-14)15(9-24-26)18(27)28/h1-6,9,17H,7,10H2,(H,27,28)/t17-/m1/s1. The summed E-state index contributed by atoms with van der Waals surface area (Å²) in [7, 11) is 0. The number of pyridine rings is 1. The number of nitrogens with zero attached hydrogens (tertiary/aromatic N) is 4. The monoisotopic (exact) mass is 386 g/mol. The second-order valence-corrected chi connectivity index (χ2v) is 6.67. The molecule has 4 rings (SSSR count). The van der Waals surface area contributed by atoms with Crippen molar-refractivity contribution in [2.45, 2.75) is 18.4 Å². The Labute approximate surface area is 157 Å².